The van der Waals surface area contributed by atoms with Gasteiger partial charge in [0.1, 0.15) is 17.6 Å². The number of hydrogen-bond donors (Lipinski definition) is 2. The molecule has 10 nitrogen and oxygen atoms in total. The Morgan fingerprint density at radius 1 is 1.06 bits per heavy atom. The quantitative estimate of drug-likeness (QED) is 0.223. The van der Waals surface area contributed by atoms with Crippen LogP contribution in [0.2, 0.25) is 0 Å². The van der Waals surface area contributed by atoms with Gasteiger partial charge >= 0.3 is 5.97 Å². The van der Waals surface area contributed by atoms with Crippen LogP contribution in [0.1, 0.15) is 28.4 Å². The standard InChI is InChI=1S/C22H24N6O4/c1-4-32-21(29)18-13-26-22(27-20(18)16-6-5-14(2)15(3)11-16)24-10-9-23-19-8-7-17(12-25-19)28(30)31/h5-8,11-13H,4,9-10H2,1-3H3,(H,23,25)(H,24,26,27). The first-order valence-corrected chi connectivity index (χ1v) is 10.1. The maximum absolute atomic E-state index is 12.4. The number of pyridine rings is 1. The Kier molecular flexibility index (Phi) is 7.27. The number of aryl methyl sites for hydroxylation is 2. The summed E-state index contributed by atoms with van der Waals surface area (Å²) in [6.07, 6.45) is 2.66. The van der Waals surface area contributed by atoms with E-state index in [2.05, 4.69) is 25.6 Å². The highest BCUT2D eigenvalue weighted by atomic mass is 16.6. The Morgan fingerprint density at radius 3 is 2.50 bits per heavy atom. The van der Waals surface area contributed by atoms with Crippen molar-refractivity contribution in [1.82, 2.24) is 15.0 Å². The van der Waals surface area contributed by atoms with Crippen molar-refractivity contribution < 1.29 is 14.5 Å². The van der Waals surface area contributed by atoms with Crippen LogP contribution in [0.5, 0.6) is 0 Å². The van der Waals surface area contributed by atoms with Crippen LogP contribution in [0.4, 0.5) is 17.5 Å². The van der Waals surface area contributed by atoms with E-state index < -0.39 is 10.9 Å². The molecule has 3 rings (SSSR count). The van der Waals surface area contributed by atoms with Crippen molar-refractivity contribution in [2.75, 3.05) is 30.3 Å². The van der Waals surface area contributed by atoms with Crippen LogP contribution in [0.25, 0.3) is 11.3 Å². The molecule has 0 unspecified atom stereocenters. The molecule has 0 bridgehead atoms. The smallest absolute Gasteiger partial charge is 0.341 e. The maximum atomic E-state index is 12.4. The van der Waals surface area contributed by atoms with Crippen LogP contribution in [0.3, 0.4) is 0 Å². The van der Waals surface area contributed by atoms with E-state index in [-0.39, 0.29) is 12.3 Å². The zero-order valence-electron chi connectivity index (χ0n) is 18.1. The van der Waals surface area contributed by atoms with Crippen molar-refractivity contribution in [1.29, 1.82) is 0 Å². The van der Waals surface area contributed by atoms with Crippen molar-refractivity contribution in [2.45, 2.75) is 20.8 Å². The summed E-state index contributed by atoms with van der Waals surface area (Å²) < 4.78 is 5.16. The van der Waals surface area contributed by atoms with Gasteiger partial charge in [-0.05, 0) is 44.0 Å². The van der Waals surface area contributed by atoms with Crippen LogP contribution in [-0.2, 0) is 4.74 Å². The number of nitro groups is 1. The van der Waals surface area contributed by atoms with Crippen LogP contribution in [0.15, 0.2) is 42.7 Å². The first kappa shape index (κ1) is 22.6. The predicted octanol–water partition coefficient (Wildman–Crippen LogP) is 3.76. The van der Waals surface area contributed by atoms with E-state index in [9.17, 15) is 14.9 Å². The first-order valence-electron chi connectivity index (χ1n) is 10.1. The van der Waals surface area contributed by atoms with Crippen molar-refractivity contribution in [3.05, 3.63) is 69.5 Å². The summed E-state index contributed by atoms with van der Waals surface area (Å²) in [5, 5.41) is 16.9. The van der Waals surface area contributed by atoms with Gasteiger partial charge < -0.3 is 15.4 Å². The number of carbonyl (C=O) groups excluding carboxylic acids is 1. The number of hydrogen-bond acceptors (Lipinski definition) is 9. The van der Waals surface area contributed by atoms with Gasteiger partial charge in [-0.2, -0.15) is 0 Å². The average Bonchev–Trinajstić information content (AvgIpc) is 2.79. The molecule has 0 saturated carbocycles. The topological polar surface area (TPSA) is 132 Å². The Labute approximate surface area is 185 Å². The normalized spacial score (nSPS) is 10.5. The molecule has 0 radical (unpaired) electrons. The minimum atomic E-state index is -0.497. The average molecular weight is 436 g/mol. The molecular formula is C22H24N6O4. The van der Waals surface area contributed by atoms with Gasteiger partial charge in [0.05, 0.1) is 17.2 Å². The van der Waals surface area contributed by atoms with Crippen LogP contribution in [-0.4, -0.2) is 45.5 Å². The fourth-order valence-corrected chi connectivity index (χ4v) is 2.90. The molecule has 0 saturated heterocycles. The van der Waals surface area contributed by atoms with Gasteiger partial charge in [-0.15, -0.1) is 0 Å². The fraction of sp³-hybridized carbons (Fsp3) is 0.273. The molecule has 3 aromatic rings. The van der Waals surface area contributed by atoms with E-state index >= 15 is 0 Å². The SMILES string of the molecule is CCOC(=O)c1cnc(NCCNc2ccc([N+](=O)[O-])cn2)nc1-c1ccc(C)c(C)c1. The molecule has 10 heteroatoms. The molecular weight excluding hydrogens is 412 g/mol. The number of ether oxygens (including phenoxy) is 1. The Morgan fingerprint density at radius 2 is 1.84 bits per heavy atom. The summed E-state index contributed by atoms with van der Waals surface area (Å²) in [4.78, 5) is 35.4. The van der Waals surface area contributed by atoms with Gasteiger partial charge in [-0.25, -0.2) is 19.7 Å². The summed E-state index contributed by atoms with van der Waals surface area (Å²) >= 11 is 0. The molecule has 0 fully saturated rings. The third-order valence-corrected chi connectivity index (χ3v) is 4.74. The van der Waals surface area contributed by atoms with Crippen LogP contribution < -0.4 is 10.6 Å². The van der Waals surface area contributed by atoms with Crippen molar-refractivity contribution in [2.24, 2.45) is 0 Å². The largest absolute Gasteiger partial charge is 0.462 e. The molecule has 166 valence electrons. The minimum Gasteiger partial charge on any atom is -0.462 e. The highest BCUT2D eigenvalue weighted by Crippen LogP contribution is 2.25. The predicted molar refractivity (Wildman–Crippen MR) is 121 cm³/mol. The molecule has 0 aliphatic heterocycles. The molecule has 0 amide bonds. The molecule has 1 aromatic carbocycles. The van der Waals surface area contributed by atoms with Gasteiger partial charge in [0.25, 0.3) is 5.69 Å². The summed E-state index contributed by atoms with van der Waals surface area (Å²) in [5.74, 6) is 0.412. The summed E-state index contributed by atoms with van der Waals surface area (Å²) in [6, 6.07) is 8.80. The zero-order chi connectivity index (χ0) is 23.1. The van der Waals surface area contributed by atoms with E-state index in [1.165, 1.54) is 18.5 Å². The number of esters is 1. The number of benzene rings is 1. The third kappa shape index (κ3) is 5.54. The number of nitrogens with zero attached hydrogens (tertiary/aromatic N) is 4. The molecule has 0 aliphatic carbocycles. The second-order valence-corrected chi connectivity index (χ2v) is 6.99. The molecule has 0 aliphatic rings. The minimum absolute atomic E-state index is 0.0670. The summed E-state index contributed by atoms with van der Waals surface area (Å²) in [5.41, 5.74) is 3.76. The van der Waals surface area contributed by atoms with Gasteiger partial charge in [0.15, 0.2) is 0 Å². The number of aromatic nitrogens is 3. The first-order chi connectivity index (χ1) is 15.4. The van der Waals surface area contributed by atoms with Crippen LogP contribution in [0, 0.1) is 24.0 Å². The second-order valence-electron chi connectivity index (χ2n) is 6.99. The molecule has 2 heterocycles. The lowest BCUT2D eigenvalue weighted by Gasteiger charge is -2.12. The fourth-order valence-electron chi connectivity index (χ4n) is 2.90. The molecule has 0 spiro atoms. The van der Waals surface area contributed by atoms with E-state index in [1.807, 2.05) is 32.0 Å². The maximum Gasteiger partial charge on any atom is 0.341 e. The number of anilines is 2. The van der Waals surface area contributed by atoms with Gasteiger partial charge in [-0.1, -0.05) is 12.1 Å². The van der Waals surface area contributed by atoms with Crippen molar-refractivity contribution >= 4 is 23.4 Å². The highest BCUT2D eigenvalue weighted by Gasteiger charge is 2.18. The summed E-state index contributed by atoms with van der Waals surface area (Å²) in [7, 11) is 0. The van der Waals surface area contributed by atoms with E-state index in [0.29, 0.717) is 36.1 Å². The van der Waals surface area contributed by atoms with Gasteiger partial charge in [0, 0.05) is 30.9 Å². The number of carbonyl (C=O) groups is 1. The van der Waals surface area contributed by atoms with Crippen molar-refractivity contribution in [3.8, 4) is 11.3 Å². The van der Waals surface area contributed by atoms with E-state index in [1.54, 1.807) is 13.0 Å². The second kappa shape index (κ2) is 10.3. The van der Waals surface area contributed by atoms with E-state index in [0.717, 1.165) is 16.7 Å². The lowest BCUT2D eigenvalue weighted by molar-refractivity contribution is -0.385. The molecule has 0 atom stereocenters. The molecule has 32 heavy (non-hydrogen) atoms. The monoisotopic (exact) mass is 436 g/mol. The Balaban J connectivity index is 1.72. The van der Waals surface area contributed by atoms with Gasteiger partial charge in [-0.3, -0.25) is 10.1 Å². The highest BCUT2D eigenvalue weighted by molar-refractivity contribution is 5.96. The van der Waals surface area contributed by atoms with Gasteiger partial charge in [0.2, 0.25) is 5.95 Å². The third-order valence-electron chi connectivity index (χ3n) is 4.74. The Hall–Kier alpha value is -4.08. The Bertz CT molecular complexity index is 1120. The lowest BCUT2D eigenvalue weighted by atomic mass is 10.0. The zero-order valence-corrected chi connectivity index (χ0v) is 18.1. The summed E-state index contributed by atoms with van der Waals surface area (Å²) in [6.45, 7) is 6.97. The molecule has 2 aromatic heterocycles. The van der Waals surface area contributed by atoms with Crippen LogP contribution >= 0.6 is 0 Å². The van der Waals surface area contributed by atoms with E-state index in [4.69, 9.17) is 4.74 Å². The number of rotatable bonds is 9. The molecule has 2 N–H and O–H groups in total. The lowest BCUT2D eigenvalue weighted by Crippen LogP contribution is -2.17. The number of nitrogens with one attached hydrogen (secondary N) is 2. The van der Waals surface area contributed by atoms with Crippen molar-refractivity contribution in [3.63, 3.8) is 0 Å².